The lowest BCUT2D eigenvalue weighted by molar-refractivity contribution is 0.627. The fourth-order valence-electron chi connectivity index (χ4n) is 3.32. The van der Waals surface area contributed by atoms with Crippen LogP contribution in [0.15, 0.2) is 103 Å². The van der Waals surface area contributed by atoms with Crippen molar-refractivity contribution < 1.29 is 0 Å². The predicted octanol–water partition coefficient (Wildman–Crippen LogP) is 5.99. The monoisotopic (exact) mass is 298 g/mol. The van der Waals surface area contributed by atoms with Crippen LogP contribution >= 0.6 is 0 Å². The summed E-state index contributed by atoms with van der Waals surface area (Å²) >= 11 is 0. The van der Waals surface area contributed by atoms with Crippen molar-refractivity contribution >= 4 is 0 Å². The molecule has 3 rings (SSSR count). The normalized spacial score (nSPS) is 11.7. The second-order valence-corrected chi connectivity index (χ2v) is 5.78. The van der Waals surface area contributed by atoms with Crippen molar-refractivity contribution in [2.75, 3.05) is 0 Å². The SMILES string of the molecule is C/C=C\CC(c1ccccc1)(c1ccccc1)c1ccccc1. The Morgan fingerprint density at radius 1 is 0.609 bits per heavy atom. The molecule has 0 nitrogen and oxygen atoms in total. The van der Waals surface area contributed by atoms with Crippen LogP contribution < -0.4 is 0 Å². The molecule has 3 aromatic carbocycles. The lowest BCUT2D eigenvalue weighted by atomic mass is 9.67. The Morgan fingerprint density at radius 2 is 0.957 bits per heavy atom. The van der Waals surface area contributed by atoms with Crippen LogP contribution in [0.5, 0.6) is 0 Å². The van der Waals surface area contributed by atoms with E-state index in [1.807, 2.05) is 0 Å². The van der Waals surface area contributed by atoms with Gasteiger partial charge < -0.3 is 0 Å². The minimum absolute atomic E-state index is 0.156. The molecule has 0 heteroatoms. The topological polar surface area (TPSA) is 0 Å². The Kier molecular flexibility index (Phi) is 4.73. The van der Waals surface area contributed by atoms with Gasteiger partial charge in [0.15, 0.2) is 0 Å². The number of hydrogen-bond acceptors (Lipinski definition) is 0. The molecule has 23 heavy (non-hydrogen) atoms. The van der Waals surface area contributed by atoms with Crippen LogP contribution in [0.3, 0.4) is 0 Å². The first-order chi connectivity index (χ1) is 11.4. The van der Waals surface area contributed by atoms with E-state index in [9.17, 15) is 0 Å². The van der Waals surface area contributed by atoms with Crippen molar-refractivity contribution in [1.29, 1.82) is 0 Å². The van der Waals surface area contributed by atoms with Crippen molar-refractivity contribution in [2.45, 2.75) is 18.8 Å². The maximum Gasteiger partial charge on any atom is 0.0485 e. The van der Waals surface area contributed by atoms with Crippen molar-refractivity contribution in [2.24, 2.45) is 0 Å². The highest BCUT2D eigenvalue weighted by Gasteiger charge is 2.34. The maximum atomic E-state index is 2.27. The van der Waals surface area contributed by atoms with Gasteiger partial charge in [-0.25, -0.2) is 0 Å². The summed E-state index contributed by atoms with van der Waals surface area (Å²) in [7, 11) is 0. The van der Waals surface area contributed by atoms with Gasteiger partial charge in [-0.1, -0.05) is 103 Å². The Balaban J connectivity index is 2.30. The molecule has 0 saturated heterocycles. The summed E-state index contributed by atoms with van der Waals surface area (Å²) < 4.78 is 0. The molecule has 0 radical (unpaired) electrons. The van der Waals surface area contributed by atoms with Gasteiger partial charge in [-0.2, -0.15) is 0 Å². The van der Waals surface area contributed by atoms with Gasteiger partial charge in [0.1, 0.15) is 0 Å². The van der Waals surface area contributed by atoms with Crippen LogP contribution in [0.1, 0.15) is 30.0 Å². The second kappa shape index (κ2) is 7.11. The fourth-order valence-corrected chi connectivity index (χ4v) is 3.32. The van der Waals surface area contributed by atoms with Gasteiger partial charge in [0.2, 0.25) is 0 Å². The zero-order valence-corrected chi connectivity index (χ0v) is 13.5. The van der Waals surface area contributed by atoms with Gasteiger partial charge in [0.05, 0.1) is 0 Å². The zero-order valence-electron chi connectivity index (χ0n) is 13.5. The van der Waals surface area contributed by atoms with E-state index in [-0.39, 0.29) is 5.41 Å². The van der Waals surface area contributed by atoms with Gasteiger partial charge >= 0.3 is 0 Å². The Hall–Kier alpha value is -2.60. The molecule has 114 valence electrons. The first kappa shape index (κ1) is 15.3. The summed E-state index contributed by atoms with van der Waals surface area (Å²) in [6, 6.07) is 32.5. The van der Waals surface area contributed by atoms with E-state index in [1.54, 1.807) is 0 Å². The van der Waals surface area contributed by atoms with Crippen molar-refractivity contribution in [3.63, 3.8) is 0 Å². The van der Waals surface area contributed by atoms with Crippen LogP contribution in [0, 0.1) is 0 Å². The molecule has 0 aromatic heterocycles. The largest absolute Gasteiger partial charge is 0.0916 e. The molecule has 0 fully saturated rings. The van der Waals surface area contributed by atoms with Gasteiger partial charge in [-0.3, -0.25) is 0 Å². The average Bonchev–Trinajstić information content (AvgIpc) is 2.65. The molecule has 0 aliphatic rings. The molecule has 3 aromatic rings. The van der Waals surface area contributed by atoms with E-state index in [1.165, 1.54) is 16.7 Å². The van der Waals surface area contributed by atoms with Crippen molar-refractivity contribution in [3.05, 3.63) is 120 Å². The van der Waals surface area contributed by atoms with E-state index in [0.29, 0.717) is 0 Å². The summed E-state index contributed by atoms with van der Waals surface area (Å²) in [5.74, 6) is 0. The first-order valence-corrected chi connectivity index (χ1v) is 8.15. The third kappa shape index (κ3) is 2.98. The molecule has 0 aliphatic carbocycles. The zero-order chi connectivity index (χ0) is 16.0. The molecule has 0 heterocycles. The Bertz CT molecular complexity index is 643. The molecule has 0 spiro atoms. The fraction of sp³-hybridized carbons (Fsp3) is 0.130. The number of hydrogen-bond donors (Lipinski definition) is 0. The Labute approximate surface area is 139 Å². The molecule has 0 amide bonds. The minimum atomic E-state index is -0.156. The van der Waals surface area contributed by atoms with Gasteiger partial charge in [-0.15, -0.1) is 0 Å². The summed E-state index contributed by atoms with van der Waals surface area (Å²) in [6.07, 6.45) is 5.36. The van der Waals surface area contributed by atoms with Gasteiger partial charge in [0.25, 0.3) is 0 Å². The number of rotatable bonds is 5. The third-order valence-corrected chi connectivity index (χ3v) is 4.46. The first-order valence-electron chi connectivity index (χ1n) is 8.15. The molecule has 0 N–H and O–H groups in total. The standard InChI is InChI=1S/C23H22/c1-2-3-19-23(20-13-7-4-8-14-20,21-15-9-5-10-16-21)22-17-11-6-12-18-22/h2-18H,19H2,1H3/b3-2-. The smallest absolute Gasteiger partial charge is 0.0485 e. The highest BCUT2D eigenvalue weighted by atomic mass is 14.4. The van der Waals surface area contributed by atoms with E-state index < -0.39 is 0 Å². The summed E-state index contributed by atoms with van der Waals surface area (Å²) in [4.78, 5) is 0. The quantitative estimate of drug-likeness (QED) is 0.401. The highest BCUT2D eigenvalue weighted by Crippen LogP contribution is 2.42. The van der Waals surface area contributed by atoms with E-state index in [4.69, 9.17) is 0 Å². The lowest BCUT2D eigenvalue weighted by Gasteiger charge is -2.35. The molecule has 0 aliphatic heterocycles. The molecule has 0 unspecified atom stereocenters. The van der Waals surface area contributed by atoms with E-state index >= 15 is 0 Å². The van der Waals surface area contributed by atoms with Crippen molar-refractivity contribution in [3.8, 4) is 0 Å². The van der Waals surface area contributed by atoms with E-state index in [0.717, 1.165) is 6.42 Å². The number of benzene rings is 3. The summed E-state index contributed by atoms with van der Waals surface area (Å²) in [5.41, 5.74) is 3.83. The summed E-state index contributed by atoms with van der Waals surface area (Å²) in [5, 5.41) is 0. The van der Waals surface area contributed by atoms with Crippen LogP contribution in [0.2, 0.25) is 0 Å². The summed E-state index contributed by atoms with van der Waals surface area (Å²) in [6.45, 7) is 2.09. The Morgan fingerprint density at radius 3 is 1.26 bits per heavy atom. The van der Waals surface area contributed by atoms with Crippen LogP contribution in [0.4, 0.5) is 0 Å². The van der Waals surface area contributed by atoms with E-state index in [2.05, 4.69) is 110 Å². The third-order valence-electron chi connectivity index (χ3n) is 4.46. The highest BCUT2D eigenvalue weighted by molar-refractivity contribution is 5.50. The molecule has 0 atom stereocenters. The van der Waals surface area contributed by atoms with Crippen LogP contribution in [-0.2, 0) is 5.41 Å². The molecule has 0 saturated carbocycles. The van der Waals surface area contributed by atoms with Gasteiger partial charge in [0, 0.05) is 5.41 Å². The maximum absolute atomic E-state index is 2.27. The molecule has 0 bridgehead atoms. The van der Waals surface area contributed by atoms with Crippen LogP contribution in [0.25, 0.3) is 0 Å². The van der Waals surface area contributed by atoms with Crippen molar-refractivity contribution in [1.82, 2.24) is 0 Å². The molecular weight excluding hydrogens is 276 g/mol. The second-order valence-electron chi connectivity index (χ2n) is 5.78. The average molecular weight is 298 g/mol. The predicted molar refractivity (Wildman–Crippen MR) is 98.6 cm³/mol. The van der Waals surface area contributed by atoms with Crippen LogP contribution in [-0.4, -0.2) is 0 Å². The lowest BCUT2D eigenvalue weighted by Crippen LogP contribution is -2.28. The minimum Gasteiger partial charge on any atom is -0.0916 e. The molecular formula is C23H22. The van der Waals surface area contributed by atoms with Gasteiger partial charge in [-0.05, 0) is 30.0 Å². The number of allylic oxidation sites excluding steroid dienone is 2.